The van der Waals surface area contributed by atoms with Gasteiger partial charge < -0.3 is 4.74 Å². The summed E-state index contributed by atoms with van der Waals surface area (Å²) < 4.78 is 43.0. The third-order valence-electron chi connectivity index (χ3n) is 2.80. The second-order valence-electron chi connectivity index (χ2n) is 3.87. The number of pyridine rings is 1. The standard InChI is InChI=1S/C13H12F3NO.C2H6/c1-3-8-4-6-10(18-2)12-9(8)5-7-11(17-12)13(14,15)16;1-2/h4-7H,3H2,1-2H3;1-2H3. The lowest BCUT2D eigenvalue weighted by molar-refractivity contribution is -0.140. The highest BCUT2D eigenvalue weighted by molar-refractivity contribution is 5.87. The number of halogens is 3. The highest BCUT2D eigenvalue weighted by Gasteiger charge is 2.32. The second-order valence-corrected chi connectivity index (χ2v) is 3.87. The monoisotopic (exact) mass is 285 g/mol. The molecule has 0 atom stereocenters. The van der Waals surface area contributed by atoms with Crippen molar-refractivity contribution in [3.63, 3.8) is 0 Å². The van der Waals surface area contributed by atoms with Crippen LogP contribution in [0.4, 0.5) is 13.2 Å². The quantitative estimate of drug-likeness (QED) is 0.786. The van der Waals surface area contributed by atoms with Gasteiger partial charge in [-0.25, -0.2) is 4.98 Å². The molecule has 0 spiro atoms. The molecule has 0 aliphatic rings. The van der Waals surface area contributed by atoms with E-state index in [0.29, 0.717) is 11.1 Å². The number of hydrogen-bond acceptors (Lipinski definition) is 2. The van der Waals surface area contributed by atoms with Gasteiger partial charge in [-0.05, 0) is 24.1 Å². The van der Waals surface area contributed by atoms with E-state index >= 15 is 0 Å². The second kappa shape index (κ2) is 6.59. The van der Waals surface area contributed by atoms with Gasteiger partial charge in [-0.1, -0.05) is 32.9 Å². The molecular weight excluding hydrogens is 267 g/mol. The molecule has 0 unspecified atom stereocenters. The molecule has 0 N–H and O–H groups in total. The summed E-state index contributed by atoms with van der Waals surface area (Å²) in [5, 5.41) is 0.699. The first-order valence-corrected chi connectivity index (χ1v) is 6.51. The highest BCUT2D eigenvalue weighted by atomic mass is 19.4. The fraction of sp³-hybridized carbons (Fsp3) is 0.400. The van der Waals surface area contributed by atoms with Crippen LogP contribution in [0.3, 0.4) is 0 Å². The first kappa shape index (κ1) is 16.3. The van der Waals surface area contributed by atoms with E-state index in [9.17, 15) is 13.2 Å². The van der Waals surface area contributed by atoms with Crippen LogP contribution in [0.2, 0.25) is 0 Å². The Morgan fingerprint density at radius 3 is 2.25 bits per heavy atom. The summed E-state index contributed by atoms with van der Waals surface area (Å²) in [4.78, 5) is 3.68. The summed E-state index contributed by atoms with van der Waals surface area (Å²) in [6.45, 7) is 5.94. The van der Waals surface area contributed by atoms with Gasteiger partial charge in [-0.3, -0.25) is 0 Å². The number of aromatic nitrogens is 1. The number of ether oxygens (including phenoxy) is 1. The third-order valence-corrected chi connectivity index (χ3v) is 2.80. The molecule has 0 saturated carbocycles. The molecule has 0 saturated heterocycles. The van der Waals surface area contributed by atoms with Crippen molar-refractivity contribution in [3.8, 4) is 5.75 Å². The topological polar surface area (TPSA) is 22.1 Å². The molecular formula is C15H18F3NO. The Morgan fingerprint density at radius 2 is 1.75 bits per heavy atom. The van der Waals surface area contributed by atoms with Crippen LogP contribution < -0.4 is 4.74 Å². The van der Waals surface area contributed by atoms with Crippen molar-refractivity contribution in [1.82, 2.24) is 4.98 Å². The van der Waals surface area contributed by atoms with E-state index in [1.807, 2.05) is 26.8 Å². The maximum Gasteiger partial charge on any atom is 0.433 e. The summed E-state index contributed by atoms with van der Waals surface area (Å²) in [7, 11) is 1.42. The number of fused-ring (bicyclic) bond motifs is 1. The Balaban J connectivity index is 0.000000956. The zero-order valence-corrected chi connectivity index (χ0v) is 12.0. The van der Waals surface area contributed by atoms with Crippen LogP contribution >= 0.6 is 0 Å². The zero-order valence-electron chi connectivity index (χ0n) is 12.0. The zero-order chi connectivity index (χ0) is 15.3. The fourth-order valence-corrected chi connectivity index (χ4v) is 1.88. The van der Waals surface area contributed by atoms with Crippen molar-refractivity contribution >= 4 is 10.9 Å². The van der Waals surface area contributed by atoms with E-state index in [-0.39, 0.29) is 5.52 Å². The van der Waals surface area contributed by atoms with Crippen molar-refractivity contribution < 1.29 is 17.9 Å². The van der Waals surface area contributed by atoms with Gasteiger partial charge in [-0.2, -0.15) is 13.2 Å². The number of hydrogen-bond donors (Lipinski definition) is 0. The van der Waals surface area contributed by atoms with Gasteiger partial charge in [0.1, 0.15) is 17.0 Å². The van der Waals surface area contributed by atoms with Crippen LogP contribution in [0.1, 0.15) is 32.0 Å². The first-order valence-electron chi connectivity index (χ1n) is 6.51. The summed E-state index contributed by atoms with van der Waals surface area (Å²) in [6.07, 6.45) is -3.71. The fourth-order valence-electron chi connectivity index (χ4n) is 1.88. The molecule has 20 heavy (non-hydrogen) atoms. The first-order chi connectivity index (χ1) is 9.47. The van der Waals surface area contributed by atoms with Crippen LogP contribution in [0.25, 0.3) is 10.9 Å². The molecule has 110 valence electrons. The average Bonchev–Trinajstić information content (AvgIpc) is 2.46. The van der Waals surface area contributed by atoms with Crippen LogP contribution in [0.5, 0.6) is 5.75 Å². The molecule has 2 rings (SSSR count). The summed E-state index contributed by atoms with van der Waals surface area (Å²) >= 11 is 0. The SMILES string of the molecule is CC.CCc1ccc(OC)c2nc(C(F)(F)F)ccc12. The predicted molar refractivity (Wildman–Crippen MR) is 74.0 cm³/mol. The van der Waals surface area contributed by atoms with Crippen molar-refractivity contribution in [1.29, 1.82) is 0 Å². The number of rotatable bonds is 2. The molecule has 5 heteroatoms. The molecule has 0 aliphatic carbocycles. The van der Waals surface area contributed by atoms with Crippen LogP contribution in [-0.2, 0) is 12.6 Å². The van der Waals surface area contributed by atoms with Crippen molar-refractivity contribution in [3.05, 3.63) is 35.5 Å². The van der Waals surface area contributed by atoms with Crippen molar-refractivity contribution in [2.45, 2.75) is 33.4 Å². The van der Waals surface area contributed by atoms with Gasteiger partial charge in [0.05, 0.1) is 7.11 Å². The van der Waals surface area contributed by atoms with Crippen LogP contribution in [-0.4, -0.2) is 12.1 Å². The number of benzene rings is 1. The summed E-state index contributed by atoms with van der Waals surface area (Å²) in [6, 6.07) is 5.94. The smallest absolute Gasteiger partial charge is 0.433 e. The Morgan fingerprint density at radius 1 is 1.10 bits per heavy atom. The maximum absolute atomic E-state index is 12.6. The maximum atomic E-state index is 12.6. The van der Waals surface area contributed by atoms with Gasteiger partial charge >= 0.3 is 6.18 Å². The van der Waals surface area contributed by atoms with Gasteiger partial charge in [-0.15, -0.1) is 0 Å². The molecule has 0 radical (unpaired) electrons. The van der Waals surface area contributed by atoms with E-state index in [2.05, 4.69) is 4.98 Å². The lowest BCUT2D eigenvalue weighted by Gasteiger charge is -2.11. The number of aryl methyl sites for hydroxylation is 1. The molecule has 1 aromatic heterocycles. The summed E-state index contributed by atoms with van der Waals surface area (Å²) in [5.41, 5.74) is 0.306. The van der Waals surface area contributed by atoms with E-state index < -0.39 is 11.9 Å². The summed E-state index contributed by atoms with van der Waals surface area (Å²) in [5.74, 6) is 0.355. The lowest BCUT2D eigenvalue weighted by atomic mass is 10.0. The molecule has 0 fully saturated rings. The largest absolute Gasteiger partial charge is 0.494 e. The molecule has 1 aromatic carbocycles. The number of methoxy groups -OCH3 is 1. The molecule has 1 heterocycles. The van der Waals surface area contributed by atoms with Crippen LogP contribution in [0.15, 0.2) is 24.3 Å². The van der Waals surface area contributed by atoms with Gasteiger partial charge in [0.2, 0.25) is 0 Å². The van der Waals surface area contributed by atoms with Gasteiger partial charge in [0.25, 0.3) is 0 Å². The molecule has 0 bridgehead atoms. The van der Waals surface area contributed by atoms with Crippen molar-refractivity contribution in [2.75, 3.05) is 7.11 Å². The van der Waals surface area contributed by atoms with E-state index in [1.165, 1.54) is 13.2 Å². The molecule has 0 aliphatic heterocycles. The third kappa shape index (κ3) is 3.21. The minimum absolute atomic E-state index is 0.256. The number of alkyl halides is 3. The molecule has 2 aromatic rings. The Bertz CT molecular complexity index is 579. The Hall–Kier alpha value is -1.78. The molecule has 0 amide bonds. The average molecular weight is 285 g/mol. The normalized spacial score (nSPS) is 10.9. The van der Waals surface area contributed by atoms with Crippen molar-refractivity contribution in [2.24, 2.45) is 0 Å². The Labute approximate surface area is 116 Å². The Kier molecular flexibility index (Phi) is 5.36. The lowest BCUT2D eigenvalue weighted by Crippen LogP contribution is -2.08. The minimum atomic E-state index is -4.44. The van der Waals surface area contributed by atoms with E-state index in [0.717, 1.165) is 18.1 Å². The van der Waals surface area contributed by atoms with E-state index in [4.69, 9.17) is 4.74 Å². The minimum Gasteiger partial charge on any atom is -0.494 e. The van der Waals surface area contributed by atoms with Crippen LogP contribution in [0, 0.1) is 0 Å². The number of nitrogens with zero attached hydrogens (tertiary/aromatic N) is 1. The predicted octanol–water partition coefficient (Wildman–Crippen LogP) is 4.85. The molecule has 2 nitrogen and oxygen atoms in total. The van der Waals surface area contributed by atoms with Gasteiger partial charge in [0, 0.05) is 5.39 Å². The van der Waals surface area contributed by atoms with Gasteiger partial charge in [0.15, 0.2) is 0 Å². The van der Waals surface area contributed by atoms with E-state index in [1.54, 1.807) is 6.07 Å². The highest BCUT2D eigenvalue weighted by Crippen LogP contribution is 2.33.